The van der Waals surface area contributed by atoms with Crippen LogP contribution < -0.4 is 10.6 Å². The molecule has 2 aliphatic rings. The van der Waals surface area contributed by atoms with Crippen molar-refractivity contribution in [1.29, 1.82) is 0 Å². The maximum Gasteiger partial charge on any atom is 0.280 e. The number of hydrogen-bond acceptors (Lipinski definition) is 9. The van der Waals surface area contributed by atoms with Crippen LogP contribution in [0.25, 0.3) is 0 Å². The molecule has 2 aliphatic heterocycles. The Kier molecular flexibility index (Phi) is 7.28. The summed E-state index contributed by atoms with van der Waals surface area (Å²) in [6.07, 6.45) is 1.59. The number of ether oxygens (including phenoxy) is 1. The lowest BCUT2D eigenvalue weighted by atomic mass is 10.1. The third kappa shape index (κ3) is 5.76. The zero-order valence-corrected chi connectivity index (χ0v) is 17.8. The van der Waals surface area contributed by atoms with Gasteiger partial charge in [0, 0.05) is 43.1 Å². The fourth-order valence-corrected chi connectivity index (χ4v) is 4.44. The number of nitrogens with one attached hydrogen (secondary N) is 2. The number of carbonyl (C=O) groups is 1. The van der Waals surface area contributed by atoms with E-state index in [1.807, 2.05) is 24.3 Å². The van der Waals surface area contributed by atoms with Gasteiger partial charge in [-0.15, -0.1) is 0 Å². The second-order valence-electron chi connectivity index (χ2n) is 6.75. The largest absolute Gasteiger partial charge is 0.389 e. The normalized spacial score (nSPS) is 20.3. The van der Waals surface area contributed by atoms with Crippen LogP contribution in [0.1, 0.15) is 12.0 Å². The summed E-state index contributed by atoms with van der Waals surface area (Å²) < 4.78 is 20.8. The van der Waals surface area contributed by atoms with Crippen LogP contribution in [0.5, 0.6) is 0 Å². The molecule has 0 unspecified atom stereocenters. The van der Waals surface area contributed by atoms with Crippen molar-refractivity contribution in [2.45, 2.75) is 17.4 Å². The van der Waals surface area contributed by atoms with Gasteiger partial charge in [0.25, 0.3) is 5.91 Å². The molecule has 11 heteroatoms. The Morgan fingerprint density at radius 1 is 1.37 bits per heavy atom. The van der Waals surface area contributed by atoms with Crippen molar-refractivity contribution >= 4 is 40.0 Å². The number of aromatic nitrogens is 1. The van der Waals surface area contributed by atoms with E-state index in [9.17, 15) is 9.18 Å². The molecule has 0 bridgehead atoms. The highest BCUT2D eigenvalue weighted by molar-refractivity contribution is 7.97. The molecule has 2 N–H and O–H groups in total. The lowest BCUT2D eigenvalue weighted by Gasteiger charge is -2.25. The molecule has 2 fully saturated rings. The van der Waals surface area contributed by atoms with Crippen LogP contribution >= 0.6 is 23.3 Å². The average molecular weight is 452 g/mol. The molecule has 0 radical (unpaired) electrons. The number of hydrogen-bond donors (Lipinski definition) is 2. The molecule has 1 atom stereocenters. The van der Waals surface area contributed by atoms with Gasteiger partial charge in [-0.2, -0.15) is 4.39 Å². The average Bonchev–Trinajstić information content (AvgIpc) is 3.42. The van der Waals surface area contributed by atoms with E-state index in [0.29, 0.717) is 18.8 Å². The Labute approximate surface area is 182 Å². The molecule has 0 spiro atoms. The van der Waals surface area contributed by atoms with Crippen molar-refractivity contribution in [3.8, 4) is 0 Å². The number of benzene rings is 1. The number of piperazine rings is 1. The molecule has 1 aromatic carbocycles. The highest BCUT2D eigenvalue weighted by atomic mass is 32.2. The lowest BCUT2D eigenvalue weighted by molar-refractivity contribution is -0.110. The number of anilines is 1. The van der Waals surface area contributed by atoms with Gasteiger partial charge in [-0.25, -0.2) is 9.29 Å². The maximum atomic E-state index is 13.2. The molecule has 2 saturated heterocycles. The Hall–Kier alpha value is -2.05. The lowest BCUT2D eigenvalue weighted by Crippen LogP contribution is -2.39. The minimum absolute atomic E-state index is 0.108. The Morgan fingerprint density at radius 3 is 2.83 bits per heavy atom. The SMILES string of the molecule is O=C(Nc1ncc(F)s1)/C(=N/O[C@@H]1CCOC1)c1ccc(SN2CCNCC2)cc1. The number of thiazole rings is 1. The zero-order chi connectivity index (χ0) is 20.8. The number of halogens is 1. The first-order chi connectivity index (χ1) is 14.7. The van der Waals surface area contributed by atoms with Crippen LogP contribution in [0, 0.1) is 5.13 Å². The van der Waals surface area contributed by atoms with Crippen LogP contribution in [0.2, 0.25) is 0 Å². The van der Waals surface area contributed by atoms with Crippen molar-refractivity contribution in [1.82, 2.24) is 14.6 Å². The van der Waals surface area contributed by atoms with Gasteiger partial charge in [-0.3, -0.25) is 10.1 Å². The first kappa shape index (κ1) is 21.2. The van der Waals surface area contributed by atoms with E-state index in [0.717, 1.165) is 55.0 Å². The van der Waals surface area contributed by atoms with Gasteiger partial charge in [-0.05, 0) is 24.1 Å². The van der Waals surface area contributed by atoms with Crippen LogP contribution in [0.3, 0.4) is 0 Å². The number of nitrogens with zero attached hydrogens (tertiary/aromatic N) is 3. The summed E-state index contributed by atoms with van der Waals surface area (Å²) in [6, 6.07) is 7.57. The summed E-state index contributed by atoms with van der Waals surface area (Å²) in [4.78, 5) is 23.2. The third-order valence-electron chi connectivity index (χ3n) is 4.53. The molecule has 8 nitrogen and oxygen atoms in total. The predicted octanol–water partition coefficient (Wildman–Crippen LogP) is 2.34. The number of carbonyl (C=O) groups excluding carboxylic acids is 1. The summed E-state index contributed by atoms with van der Waals surface area (Å²) in [6.45, 7) is 4.95. The van der Waals surface area contributed by atoms with Crippen molar-refractivity contribution in [2.75, 3.05) is 44.7 Å². The van der Waals surface area contributed by atoms with Gasteiger partial charge < -0.3 is 14.9 Å². The van der Waals surface area contributed by atoms with Crippen LogP contribution in [-0.4, -0.2) is 66.4 Å². The van der Waals surface area contributed by atoms with Crippen molar-refractivity contribution < 1.29 is 18.8 Å². The van der Waals surface area contributed by atoms with Crippen LogP contribution in [-0.2, 0) is 14.4 Å². The third-order valence-corrected chi connectivity index (χ3v) is 6.34. The smallest absolute Gasteiger partial charge is 0.280 e. The monoisotopic (exact) mass is 451 g/mol. The maximum absolute atomic E-state index is 13.2. The van der Waals surface area contributed by atoms with Crippen molar-refractivity contribution in [3.05, 3.63) is 41.2 Å². The van der Waals surface area contributed by atoms with E-state index in [2.05, 4.69) is 25.1 Å². The molecular formula is C19H22FN5O3S2. The van der Waals surface area contributed by atoms with Gasteiger partial charge in [-0.1, -0.05) is 28.6 Å². The van der Waals surface area contributed by atoms with E-state index in [4.69, 9.17) is 9.57 Å². The first-order valence-electron chi connectivity index (χ1n) is 9.66. The van der Waals surface area contributed by atoms with Crippen molar-refractivity contribution in [3.63, 3.8) is 0 Å². The van der Waals surface area contributed by atoms with Gasteiger partial charge in [0.2, 0.25) is 0 Å². The molecule has 1 aromatic heterocycles. The summed E-state index contributed by atoms with van der Waals surface area (Å²) in [5, 5.41) is 9.71. The van der Waals surface area contributed by atoms with E-state index >= 15 is 0 Å². The number of amides is 1. The quantitative estimate of drug-likeness (QED) is 0.380. The van der Waals surface area contributed by atoms with Gasteiger partial charge >= 0.3 is 0 Å². The van der Waals surface area contributed by atoms with E-state index in [1.54, 1.807) is 11.9 Å². The fourth-order valence-electron chi connectivity index (χ4n) is 2.98. The number of oxime groups is 1. The minimum atomic E-state index is -0.509. The Morgan fingerprint density at radius 2 is 2.17 bits per heavy atom. The molecule has 160 valence electrons. The number of rotatable bonds is 7. The Balaban J connectivity index is 1.48. The topological polar surface area (TPSA) is 88.1 Å². The van der Waals surface area contributed by atoms with E-state index in [-0.39, 0.29) is 16.9 Å². The van der Waals surface area contributed by atoms with Crippen LogP contribution in [0.15, 0.2) is 40.5 Å². The standard InChI is InChI=1S/C19H22FN5O3S2/c20-16-11-22-19(29-16)23-18(26)17(24-28-14-5-10-27-12-14)13-1-3-15(4-2-13)30-25-8-6-21-7-9-25/h1-4,11,14,21H,5-10,12H2,(H,22,23,26)/b24-17+/t14-/m1/s1. The van der Waals surface area contributed by atoms with Crippen molar-refractivity contribution in [2.24, 2.45) is 5.16 Å². The fraction of sp³-hybridized carbons (Fsp3) is 0.421. The van der Waals surface area contributed by atoms with Gasteiger partial charge in [0.05, 0.1) is 19.4 Å². The van der Waals surface area contributed by atoms with Gasteiger partial charge in [0.15, 0.2) is 22.1 Å². The minimum Gasteiger partial charge on any atom is -0.389 e. The first-order valence-corrected chi connectivity index (χ1v) is 11.2. The summed E-state index contributed by atoms with van der Waals surface area (Å²) >= 11 is 2.44. The molecule has 1 amide bonds. The molecule has 30 heavy (non-hydrogen) atoms. The van der Waals surface area contributed by atoms with Gasteiger partial charge in [0.1, 0.15) is 0 Å². The highest BCUT2D eigenvalue weighted by Crippen LogP contribution is 2.24. The molecule has 0 aliphatic carbocycles. The van der Waals surface area contributed by atoms with E-state index < -0.39 is 11.0 Å². The molecule has 4 rings (SSSR count). The van der Waals surface area contributed by atoms with E-state index in [1.165, 1.54) is 0 Å². The summed E-state index contributed by atoms with van der Waals surface area (Å²) in [5.74, 6) is -0.509. The molecule has 3 heterocycles. The molecular weight excluding hydrogens is 429 g/mol. The van der Waals surface area contributed by atoms with Crippen LogP contribution in [0.4, 0.5) is 9.52 Å². The summed E-state index contributed by atoms with van der Waals surface area (Å²) in [5.41, 5.74) is 0.712. The second kappa shape index (κ2) is 10.3. The molecule has 0 saturated carbocycles. The second-order valence-corrected chi connectivity index (χ2v) is 8.90. The molecule has 2 aromatic rings. The Bertz CT molecular complexity index is 881. The summed E-state index contributed by atoms with van der Waals surface area (Å²) in [7, 11) is 0. The predicted molar refractivity (Wildman–Crippen MR) is 114 cm³/mol. The zero-order valence-electron chi connectivity index (χ0n) is 16.2. The highest BCUT2D eigenvalue weighted by Gasteiger charge is 2.21.